The number of alkyl halides is 1. The van der Waals surface area contributed by atoms with E-state index in [0.717, 1.165) is 17.5 Å². The van der Waals surface area contributed by atoms with Crippen molar-refractivity contribution in [3.8, 4) is 0 Å². The van der Waals surface area contributed by atoms with Gasteiger partial charge in [0, 0.05) is 19.2 Å². The molecule has 0 aromatic heterocycles. The van der Waals surface area contributed by atoms with Crippen molar-refractivity contribution in [2.45, 2.75) is 18.2 Å². The van der Waals surface area contributed by atoms with Crippen LogP contribution in [-0.2, 0) is 11.2 Å². The molecule has 0 saturated carbocycles. The van der Waals surface area contributed by atoms with Crippen LogP contribution >= 0.6 is 15.9 Å². The highest BCUT2D eigenvalue weighted by molar-refractivity contribution is 9.09. The highest BCUT2D eigenvalue weighted by atomic mass is 79.9. The molecule has 0 radical (unpaired) electrons. The molecule has 1 aromatic carbocycles. The molecule has 1 unspecified atom stereocenters. The largest absolute Gasteiger partial charge is 0.383 e. The number of hydrogen-bond donors (Lipinski definition) is 1. The average molecular weight is 300 g/mol. The van der Waals surface area contributed by atoms with E-state index in [1.54, 1.807) is 7.11 Å². The molecule has 0 aliphatic carbocycles. The molecule has 1 amide bonds. The summed E-state index contributed by atoms with van der Waals surface area (Å²) in [6.07, 6.45) is 0.861. The zero-order chi connectivity index (χ0) is 12.7. The van der Waals surface area contributed by atoms with Gasteiger partial charge in [0.2, 0.25) is 0 Å². The van der Waals surface area contributed by atoms with Crippen molar-refractivity contribution in [1.82, 2.24) is 5.32 Å². The van der Waals surface area contributed by atoms with Crippen molar-refractivity contribution in [3.05, 3.63) is 35.4 Å². The number of benzene rings is 1. The number of methoxy groups -OCH3 is 1. The predicted octanol–water partition coefficient (Wildman–Crippen LogP) is 2.39. The summed E-state index contributed by atoms with van der Waals surface area (Å²) in [4.78, 5) is 12.1. The van der Waals surface area contributed by atoms with E-state index in [1.807, 2.05) is 31.2 Å². The summed E-state index contributed by atoms with van der Waals surface area (Å²) >= 11 is 3.43. The maximum absolute atomic E-state index is 12.0. The minimum atomic E-state index is -0.0250. The fraction of sp³-hybridized carbons (Fsp3) is 0.462. The second kappa shape index (κ2) is 7.45. The van der Waals surface area contributed by atoms with Crippen LogP contribution in [0.4, 0.5) is 0 Å². The normalized spacial score (nSPS) is 12.2. The van der Waals surface area contributed by atoms with Crippen LogP contribution in [0.1, 0.15) is 22.8 Å². The van der Waals surface area contributed by atoms with Gasteiger partial charge in [0.05, 0.1) is 11.4 Å². The third-order valence-electron chi connectivity index (χ3n) is 2.47. The number of hydrogen-bond acceptors (Lipinski definition) is 2. The summed E-state index contributed by atoms with van der Waals surface area (Å²) < 4.78 is 4.99. The van der Waals surface area contributed by atoms with E-state index < -0.39 is 0 Å². The molecule has 4 heteroatoms. The number of ether oxygens (including phenoxy) is 1. The lowest BCUT2D eigenvalue weighted by Gasteiger charge is -2.12. The molecule has 1 N–H and O–H groups in total. The molecule has 0 heterocycles. The van der Waals surface area contributed by atoms with Gasteiger partial charge in [0.15, 0.2) is 0 Å². The molecule has 94 valence electrons. The molecule has 0 bridgehead atoms. The minimum absolute atomic E-state index is 0.0250. The van der Waals surface area contributed by atoms with Crippen molar-refractivity contribution < 1.29 is 9.53 Å². The first kappa shape index (κ1) is 14.2. The summed E-state index contributed by atoms with van der Waals surface area (Å²) in [5.74, 6) is -0.0250. The van der Waals surface area contributed by atoms with E-state index in [4.69, 9.17) is 4.74 Å². The highest BCUT2D eigenvalue weighted by Crippen LogP contribution is 2.09. The number of nitrogens with one attached hydrogen (secondary N) is 1. The molecule has 1 atom stereocenters. The third-order valence-corrected chi connectivity index (χ3v) is 3.06. The molecule has 3 nitrogen and oxygen atoms in total. The molecule has 0 aliphatic heterocycles. The Kier molecular flexibility index (Phi) is 6.22. The zero-order valence-corrected chi connectivity index (χ0v) is 11.8. The SMILES string of the molecule is CCc1ccccc1C(=O)NCC(Br)COC. The molecular formula is C13H18BrNO2. The average Bonchev–Trinajstić information content (AvgIpc) is 2.36. The van der Waals surface area contributed by atoms with Gasteiger partial charge in [0.1, 0.15) is 0 Å². The van der Waals surface area contributed by atoms with E-state index in [-0.39, 0.29) is 10.7 Å². The predicted molar refractivity (Wildman–Crippen MR) is 72.7 cm³/mol. The summed E-state index contributed by atoms with van der Waals surface area (Å²) in [7, 11) is 1.64. The summed E-state index contributed by atoms with van der Waals surface area (Å²) in [6, 6.07) is 7.67. The van der Waals surface area contributed by atoms with Gasteiger partial charge in [-0.05, 0) is 18.1 Å². The van der Waals surface area contributed by atoms with Crippen molar-refractivity contribution in [2.24, 2.45) is 0 Å². The van der Waals surface area contributed by atoms with Gasteiger partial charge in [-0.15, -0.1) is 0 Å². The Morgan fingerprint density at radius 1 is 1.47 bits per heavy atom. The third kappa shape index (κ3) is 4.48. The first-order valence-corrected chi connectivity index (χ1v) is 6.59. The Morgan fingerprint density at radius 2 is 2.18 bits per heavy atom. The van der Waals surface area contributed by atoms with Gasteiger partial charge in [-0.1, -0.05) is 41.1 Å². The van der Waals surface area contributed by atoms with Crippen LogP contribution in [0.5, 0.6) is 0 Å². The van der Waals surface area contributed by atoms with Gasteiger partial charge < -0.3 is 10.1 Å². The molecular weight excluding hydrogens is 282 g/mol. The summed E-state index contributed by atoms with van der Waals surface area (Å²) in [5, 5.41) is 2.89. The Labute approximate surface area is 111 Å². The zero-order valence-electron chi connectivity index (χ0n) is 10.2. The lowest BCUT2D eigenvalue weighted by molar-refractivity contribution is 0.0949. The molecule has 1 aromatic rings. The van der Waals surface area contributed by atoms with E-state index in [9.17, 15) is 4.79 Å². The van der Waals surface area contributed by atoms with Gasteiger partial charge >= 0.3 is 0 Å². The van der Waals surface area contributed by atoms with Crippen LogP contribution < -0.4 is 5.32 Å². The Morgan fingerprint density at radius 3 is 2.82 bits per heavy atom. The molecule has 0 saturated heterocycles. The Hall–Kier alpha value is -0.870. The molecule has 17 heavy (non-hydrogen) atoms. The van der Waals surface area contributed by atoms with E-state index in [1.165, 1.54) is 0 Å². The van der Waals surface area contributed by atoms with Gasteiger partial charge in [-0.2, -0.15) is 0 Å². The second-order valence-corrected chi connectivity index (χ2v) is 5.07. The van der Waals surface area contributed by atoms with Gasteiger partial charge in [-0.3, -0.25) is 4.79 Å². The van der Waals surface area contributed by atoms with Gasteiger partial charge in [-0.25, -0.2) is 0 Å². The second-order valence-electron chi connectivity index (χ2n) is 3.77. The lowest BCUT2D eigenvalue weighted by Crippen LogP contribution is -2.31. The number of carbonyl (C=O) groups is 1. The fourth-order valence-corrected chi connectivity index (χ4v) is 2.01. The maximum atomic E-state index is 12.0. The van der Waals surface area contributed by atoms with Crippen LogP contribution in [0.15, 0.2) is 24.3 Å². The lowest BCUT2D eigenvalue weighted by atomic mass is 10.0. The Bertz CT molecular complexity index is 368. The van der Waals surface area contributed by atoms with Crippen LogP contribution in [0.3, 0.4) is 0 Å². The minimum Gasteiger partial charge on any atom is -0.383 e. The van der Waals surface area contributed by atoms with Crippen LogP contribution in [0, 0.1) is 0 Å². The number of rotatable bonds is 6. The number of aryl methyl sites for hydroxylation is 1. The Balaban J connectivity index is 2.58. The standard InChI is InChI=1S/C13H18BrNO2/c1-3-10-6-4-5-7-12(10)13(16)15-8-11(14)9-17-2/h4-7,11H,3,8-9H2,1-2H3,(H,15,16). The smallest absolute Gasteiger partial charge is 0.251 e. The molecule has 0 fully saturated rings. The van der Waals surface area contributed by atoms with Crippen molar-refractivity contribution in [2.75, 3.05) is 20.3 Å². The topological polar surface area (TPSA) is 38.3 Å². The van der Waals surface area contributed by atoms with E-state index >= 15 is 0 Å². The van der Waals surface area contributed by atoms with Crippen molar-refractivity contribution >= 4 is 21.8 Å². The number of halogens is 1. The molecule has 0 aliphatic rings. The number of amides is 1. The number of carbonyl (C=O) groups excluding carboxylic acids is 1. The fourth-order valence-electron chi connectivity index (χ4n) is 1.59. The van der Waals surface area contributed by atoms with Crippen LogP contribution in [0.2, 0.25) is 0 Å². The highest BCUT2D eigenvalue weighted by Gasteiger charge is 2.11. The first-order chi connectivity index (χ1) is 8.19. The molecule has 0 spiro atoms. The van der Waals surface area contributed by atoms with E-state index in [2.05, 4.69) is 21.2 Å². The van der Waals surface area contributed by atoms with Gasteiger partial charge in [0.25, 0.3) is 5.91 Å². The van der Waals surface area contributed by atoms with Crippen LogP contribution in [-0.4, -0.2) is 31.0 Å². The summed E-state index contributed by atoms with van der Waals surface area (Å²) in [5.41, 5.74) is 1.83. The van der Waals surface area contributed by atoms with Crippen molar-refractivity contribution in [3.63, 3.8) is 0 Å². The first-order valence-electron chi connectivity index (χ1n) is 5.68. The van der Waals surface area contributed by atoms with Crippen LogP contribution in [0.25, 0.3) is 0 Å². The quantitative estimate of drug-likeness (QED) is 0.819. The maximum Gasteiger partial charge on any atom is 0.251 e. The molecule has 1 rings (SSSR count). The van der Waals surface area contributed by atoms with Crippen molar-refractivity contribution in [1.29, 1.82) is 0 Å². The summed E-state index contributed by atoms with van der Waals surface area (Å²) in [6.45, 7) is 3.19. The van der Waals surface area contributed by atoms with E-state index in [0.29, 0.717) is 13.2 Å². The monoisotopic (exact) mass is 299 g/mol.